The molecule has 0 saturated heterocycles. The van der Waals surface area contributed by atoms with Crippen molar-refractivity contribution >= 4 is 77.0 Å². The van der Waals surface area contributed by atoms with E-state index in [1.54, 1.807) is 0 Å². The standard InChI is InChI=1S/C12H10Br2F12I2/c13-3-5(27)1-7(15,16)9(19,20)11(23,24)12(25,26)10(21,22)8(17,18)2-6(28)4-14/h5-6H,1-4H2. The van der Waals surface area contributed by atoms with Crippen LogP contribution in [0.4, 0.5) is 52.7 Å². The average Bonchev–Trinajstić information content (AvgIpc) is 2.52. The summed E-state index contributed by atoms with van der Waals surface area (Å²) in [6, 6.07) is 0. The average molecular weight is 796 g/mol. The highest BCUT2D eigenvalue weighted by Gasteiger charge is 2.89. The first kappa shape index (κ1) is 29.6. The first-order chi connectivity index (χ1) is 12.2. The largest absolute Gasteiger partial charge is 0.384 e. The Labute approximate surface area is 195 Å². The molecule has 2 unspecified atom stereocenters. The van der Waals surface area contributed by atoms with Crippen molar-refractivity contribution in [3.8, 4) is 0 Å². The second-order valence-corrected chi connectivity index (χ2v) is 10.4. The van der Waals surface area contributed by atoms with Gasteiger partial charge in [0.2, 0.25) is 0 Å². The highest BCUT2D eigenvalue weighted by atomic mass is 127. The fourth-order valence-corrected chi connectivity index (χ4v) is 3.34. The van der Waals surface area contributed by atoms with Gasteiger partial charge in [0.1, 0.15) is 0 Å². The molecule has 0 aliphatic carbocycles. The van der Waals surface area contributed by atoms with E-state index in [-0.39, 0.29) is 0 Å². The molecule has 16 heteroatoms. The van der Waals surface area contributed by atoms with E-state index < -0.39 is 66.9 Å². The molecule has 0 aromatic rings. The van der Waals surface area contributed by atoms with Crippen molar-refractivity contribution in [2.45, 2.75) is 56.2 Å². The van der Waals surface area contributed by atoms with Crippen LogP contribution < -0.4 is 0 Å². The third-order valence-corrected chi connectivity index (χ3v) is 9.14. The number of rotatable bonds is 11. The highest BCUT2D eigenvalue weighted by Crippen LogP contribution is 2.61. The van der Waals surface area contributed by atoms with E-state index in [1.807, 2.05) is 0 Å². The lowest BCUT2D eigenvalue weighted by Crippen LogP contribution is -2.71. The Morgan fingerprint density at radius 1 is 0.500 bits per heavy atom. The molecule has 0 radical (unpaired) electrons. The Hall–Kier alpha value is 1.58. The quantitative estimate of drug-likeness (QED) is 0.113. The molecule has 0 fully saturated rings. The van der Waals surface area contributed by atoms with Crippen LogP contribution in [0.3, 0.4) is 0 Å². The number of hydrogen-bond acceptors (Lipinski definition) is 0. The van der Waals surface area contributed by atoms with Crippen molar-refractivity contribution in [3.63, 3.8) is 0 Å². The Balaban J connectivity index is 6.20. The van der Waals surface area contributed by atoms with Gasteiger partial charge in [-0.05, 0) is 0 Å². The lowest BCUT2D eigenvalue weighted by atomic mass is 9.89. The van der Waals surface area contributed by atoms with Crippen molar-refractivity contribution in [1.82, 2.24) is 0 Å². The third-order valence-electron chi connectivity index (χ3n) is 3.39. The Kier molecular flexibility index (Phi) is 10.1. The second kappa shape index (κ2) is 9.60. The normalized spacial score (nSPS) is 17.6. The maximum absolute atomic E-state index is 13.7. The summed E-state index contributed by atoms with van der Waals surface area (Å²) in [5.41, 5.74) is 0. The van der Waals surface area contributed by atoms with Gasteiger partial charge in [0, 0.05) is 31.4 Å². The predicted octanol–water partition coefficient (Wildman–Crippen LogP) is 7.98. The van der Waals surface area contributed by atoms with Crippen molar-refractivity contribution in [1.29, 1.82) is 0 Å². The van der Waals surface area contributed by atoms with Crippen molar-refractivity contribution in [2.24, 2.45) is 0 Å². The van der Waals surface area contributed by atoms with Gasteiger partial charge in [-0.25, -0.2) is 0 Å². The first-order valence-electron chi connectivity index (χ1n) is 6.83. The van der Waals surface area contributed by atoms with E-state index in [1.165, 1.54) is 0 Å². The van der Waals surface area contributed by atoms with E-state index in [0.29, 0.717) is 0 Å². The van der Waals surface area contributed by atoms with Crippen LogP contribution in [-0.4, -0.2) is 54.0 Å². The number of hydrogen-bond donors (Lipinski definition) is 0. The van der Waals surface area contributed by atoms with Gasteiger partial charge < -0.3 is 0 Å². The minimum atomic E-state index is -7.49. The van der Waals surface area contributed by atoms with Crippen molar-refractivity contribution < 1.29 is 52.7 Å². The van der Waals surface area contributed by atoms with Gasteiger partial charge in [-0.1, -0.05) is 77.0 Å². The predicted molar refractivity (Wildman–Crippen MR) is 102 cm³/mol. The maximum Gasteiger partial charge on any atom is 0.384 e. The van der Waals surface area contributed by atoms with Crippen LogP contribution in [0.1, 0.15) is 12.8 Å². The summed E-state index contributed by atoms with van der Waals surface area (Å²) in [4.78, 5) is 0. The molecule has 0 rings (SSSR count). The smallest absolute Gasteiger partial charge is 0.200 e. The van der Waals surface area contributed by atoms with Crippen LogP contribution in [0.2, 0.25) is 0 Å². The number of halogens is 16. The summed E-state index contributed by atoms with van der Waals surface area (Å²) in [7, 11) is 0. The highest BCUT2D eigenvalue weighted by molar-refractivity contribution is 14.1. The van der Waals surface area contributed by atoms with Crippen LogP contribution in [0, 0.1) is 0 Å². The van der Waals surface area contributed by atoms with Gasteiger partial charge in [-0.15, -0.1) is 0 Å². The Bertz CT molecular complexity index is 483. The minimum absolute atomic E-state index is 0.445. The number of alkyl halides is 16. The molecule has 0 bridgehead atoms. The molecular weight excluding hydrogens is 786 g/mol. The van der Waals surface area contributed by atoms with Gasteiger partial charge in [0.25, 0.3) is 0 Å². The first-order valence-corrected chi connectivity index (χ1v) is 11.6. The monoisotopic (exact) mass is 794 g/mol. The van der Waals surface area contributed by atoms with E-state index >= 15 is 0 Å². The lowest BCUT2D eigenvalue weighted by molar-refractivity contribution is -0.425. The molecule has 0 aromatic heterocycles. The Morgan fingerprint density at radius 2 is 0.714 bits per heavy atom. The van der Waals surface area contributed by atoms with Crippen LogP contribution >= 0.6 is 77.0 Å². The molecule has 0 nitrogen and oxygen atoms in total. The summed E-state index contributed by atoms with van der Waals surface area (Å²) >= 11 is 7.33. The zero-order valence-corrected chi connectivity index (χ0v) is 20.5. The van der Waals surface area contributed by atoms with Crippen molar-refractivity contribution in [2.75, 3.05) is 10.7 Å². The Morgan fingerprint density at radius 3 is 0.893 bits per heavy atom. The molecule has 0 saturated carbocycles. The molecule has 2 atom stereocenters. The van der Waals surface area contributed by atoms with Crippen LogP contribution in [0.25, 0.3) is 0 Å². The molecule has 0 N–H and O–H groups in total. The lowest BCUT2D eigenvalue weighted by Gasteiger charge is -2.41. The zero-order valence-electron chi connectivity index (χ0n) is 13.0. The molecular formula is C12H10Br2F12I2. The van der Waals surface area contributed by atoms with Crippen LogP contribution in [-0.2, 0) is 0 Å². The second-order valence-electron chi connectivity index (χ2n) is 5.62. The zero-order chi connectivity index (χ0) is 23.0. The van der Waals surface area contributed by atoms with Gasteiger partial charge in [0.05, 0.1) is 0 Å². The van der Waals surface area contributed by atoms with E-state index in [0.717, 1.165) is 45.2 Å². The topological polar surface area (TPSA) is 0 Å². The van der Waals surface area contributed by atoms with Gasteiger partial charge in [-0.2, -0.15) is 52.7 Å². The molecule has 0 aliphatic heterocycles. The molecule has 0 amide bonds. The van der Waals surface area contributed by atoms with Gasteiger partial charge in [-0.3, -0.25) is 0 Å². The third kappa shape index (κ3) is 5.31. The maximum atomic E-state index is 13.7. The van der Waals surface area contributed by atoms with Crippen molar-refractivity contribution in [3.05, 3.63) is 0 Å². The van der Waals surface area contributed by atoms with Gasteiger partial charge in [0.15, 0.2) is 0 Å². The molecule has 0 heterocycles. The van der Waals surface area contributed by atoms with Crippen LogP contribution in [0.5, 0.6) is 0 Å². The molecule has 28 heavy (non-hydrogen) atoms. The van der Waals surface area contributed by atoms with E-state index in [9.17, 15) is 52.7 Å². The van der Waals surface area contributed by atoms with E-state index in [2.05, 4.69) is 31.9 Å². The fraction of sp³-hybridized carbons (Fsp3) is 1.00. The summed E-state index contributed by atoms with van der Waals surface area (Å²) < 4.78 is 161. The SMILES string of the molecule is FC(F)(CC(I)CBr)C(F)(F)C(F)(F)C(F)(F)C(F)(F)C(F)(F)CC(I)CBr. The van der Waals surface area contributed by atoms with E-state index in [4.69, 9.17) is 0 Å². The van der Waals surface area contributed by atoms with Gasteiger partial charge >= 0.3 is 35.5 Å². The molecule has 170 valence electrons. The summed E-state index contributed by atoms with van der Waals surface area (Å²) in [6.07, 6.45) is -4.20. The van der Waals surface area contributed by atoms with Crippen LogP contribution in [0.15, 0.2) is 0 Å². The minimum Gasteiger partial charge on any atom is -0.200 e. The molecule has 0 aromatic carbocycles. The molecule has 0 spiro atoms. The summed E-state index contributed by atoms with van der Waals surface area (Å²) in [5.74, 6) is -40.9. The molecule has 0 aliphatic rings. The summed E-state index contributed by atoms with van der Waals surface area (Å²) in [6.45, 7) is 0. The fourth-order valence-electron chi connectivity index (χ4n) is 1.78. The summed E-state index contributed by atoms with van der Waals surface area (Å²) in [5, 5.41) is -0.891.